The molecule has 0 aliphatic heterocycles. The molecular formula is C14H11N3O2. The van der Waals surface area contributed by atoms with Gasteiger partial charge in [0.15, 0.2) is 0 Å². The van der Waals surface area contributed by atoms with E-state index in [0.29, 0.717) is 34.5 Å². The van der Waals surface area contributed by atoms with Crippen LogP contribution in [0.5, 0.6) is 0 Å². The number of nitrogens with zero attached hydrogens (tertiary/aromatic N) is 3. The molecular weight excluding hydrogens is 242 g/mol. The standard InChI is InChI=1S/C14H11N3O2/c1-2-10-11-12(15-8-16-14(11)19-17-10)13(18)9-6-4-3-5-7-9/h3-8H,2H2,1H3. The number of fused-ring (bicyclic) bond motifs is 1. The Morgan fingerprint density at radius 2 is 2.00 bits per heavy atom. The minimum Gasteiger partial charge on any atom is -0.335 e. The molecule has 5 heteroatoms. The molecule has 0 atom stereocenters. The maximum Gasteiger partial charge on any atom is 0.261 e. The molecule has 94 valence electrons. The number of carbonyl (C=O) groups excluding carboxylic acids is 1. The monoisotopic (exact) mass is 253 g/mol. The van der Waals surface area contributed by atoms with Crippen LogP contribution in [-0.4, -0.2) is 20.9 Å². The largest absolute Gasteiger partial charge is 0.335 e. The van der Waals surface area contributed by atoms with Gasteiger partial charge in [-0.15, -0.1) is 0 Å². The van der Waals surface area contributed by atoms with Gasteiger partial charge in [-0.25, -0.2) is 4.98 Å². The highest BCUT2D eigenvalue weighted by atomic mass is 16.5. The first-order chi connectivity index (χ1) is 9.31. The summed E-state index contributed by atoms with van der Waals surface area (Å²) in [6.07, 6.45) is 1.98. The van der Waals surface area contributed by atoms with E-state index in [9.17, 15) is 4.79 Å². The minimum absolute atomic E-state index is 0.147. The lowest BCUT2D eigenvalue weighted by atomic mass is 10.0. The number of ketones is 1. The fraction of sp³-hybridized carbons (Fsp3) is 0.143. The Kier molecular flexibility index (Phi) is 2.79. The predicted molar refractivity (Wildman–Crippen MR) is 68.9 cm³/mol. The van der Waals surface area contributed by atoms with Crippen molar-refractivity contribution in [3.8, 4) is 0 Å². The number of aromatic nitrogens is 3. The fourth-order valence-electron chi connectivity index (χ4n) is 1.98. The van der Waals surface area contributed by atoms with Crippen LogP contribution in [-0.2, 0) is 6.42 Å². The van der Waals surface area contributed by atoms with Crippen LogP contribution in [0.2, 0.25) is 0 Å². The molecule has 19 heavy (non-hydrogen) atoms. The van der Waals surface area contributed by atoms with Crippen molar-refractivity contribution in [2.75, 3.05) is 0 Å². The van der Waals surface area contributed by atoms with Crippen molar-refractivity contribution in [1.82, 2.24) is 15.1 Å². The highest BCUT2D eigenvalue weighted by Crippen LogP contribution is 2.21. The second-order valence-electron chi connectivity index (χ2n) is 4.08. The van der Waals surface area contributed by atoms with E-state index >= 15 is 0 Å². The summed E-state index contributed by atoms with van der Waals surface area (Å²) in [7, 11) is 0. The normalized spacial score (nSPS) is 10.8. The number of aryl methyl sites for hydroxylation is 1. The molecule has 0 N–H and O–H groups in total. The summed E-state index contributed by atoms with van der Waals surface area (Å²) in [5.74, 6) is -0.147. The number of hydrogen-bond donors (Lipinski definition) is 0. The Labute approximate surface area is 109 Å². The summed E-state index contributed by atoms with van der Waals surface area (Å²) in [4.78, 5) is 20.6. The first-order valence-electron chi connectivity index (χ1n) is 6.00. The third-order valence-electron chi connectivity index (χ3n) is 2.93. The average Bonchev–Trinajstić information content (AvgIpc) is 2.90. The molecule has 0 radical (unpaired) electrons. The second-order valence-corrected chi connectivity index (χ2v) is 4.08. The summed E-state index contributed by atoms with van der Waals surface area (Å²) in [5.41, 5.74) is 1.99. The highest BCUT2D eigenvalue weighted by Gasteiger charge is 2.20. The zero-order valence-electron chi connectivity index (χ0n) is 10.3. The van der Waals surface area contributed by atoms with E-state index in [-0.39, 0.29) is 5.78 Å². The molecule has 0 unspecified atom stereocenters. The Balaban J connectivity index is 2.20. The van der Waals surface area contributed by atoms with Crippen molar-refractivity contribution in [3.05, 3.63) is 53.6 Å². The molecule has 0 aliphatic rings. The molecule has 0 saturated carbocycles. The van der Waals surface area contributed by atoms with Crippen molar-refractivity contribution >= 4 is 16.9 Å². The Morgan fingerprint density at radius 1 is 1.21 bits per heavy atom. The molecule has 0 bridgehead atoms. The van der Waals surface area contributed by atoms with Crippen molar-refractivity contribution in [2.24, 2.45) is 0 Å². The highest BCUT2D eigenvalue weighted by molar-refractivity contribution is 6.14. The maximum atomic E-state index is 12.5. The zero-order valence-corrected chi connectivity index (χ0v) is 10.3. The van der Waals surface area contributed by atoms with Crippen LogP contribution < -0.4 is 0 Å². The Morgan fingerprint density at radius 3 is 2.74 bits per heavy atom. The molecule has 2 aromatic heterocycles. The van der Waals surface area contributed by atoms with Crippen molar-refractivity contribution in [1.29, 1.82) is 0 Å². The first kappa shape index (κ1) is 11.5. The number of benzene rings is 1. The third kappa shape index (κ3) is 1.89. The van der Waals surface area contributed by atoms with Crippen molar-refractivity contribution < 1.29 is 9.32 Å². The second kappa shape index (κ2) is 4.61. The smallest absolute Gasteiger partial charge is 0.261 e. The summed E-state index contributed by atoms with van der Waals surface area (Å²) in [5, 5.41) is 4.53. The van der Waals surface area contributed by atoms with Crippen LogP contribution in [0.1, 0.15) is 28.7 Å². The quantitative estimate of drug-likeness (QED) is 0.670. The van der Waals surface area contributed by atoms with E-state index in [1.165, 1.54) is 6.33 Å². The lowest BCUT2D eigenvalue weighted by Gasteiger charge is -2.01. The van der Waals surface area contributed by atoms with E-state index in [1.54, 1.807) is 12.1 Å². The van der Waals surface area contributed by atoms with Crippen LogP contribution in [0.25, 0.3) is 11.1 Å². The summed E-state index contributed by atoms with van der Waals surface area (Å²) >= 11 is 0. The van der Waals surface area contributed by atoms with Gasteiger partial charge < -0.3 is 4.52 Å². The van der Waals surface area contributed by atoms with Crippen LogP contribution in [0.3, 0.4) is 0 Å². The van der Waals surface area contributed by atoms with Gasteiger partial charge in [-0.3, -0.25) is 4.79 Å². The number of carbonyl (C=O) groups is 1. The molecule has 3 rings (SSSR count). The lowest BCUT2D eigenvalue weighted by molar-refractivity contribution is 0.103. The van der Waals surface area contributed by atoms with Gasteiger partial charge in [0.1, 0.15) is 12.0 Å². The van der Waals surface area contributed by atoms with Crippen LogP contribution in [0.4, 0.5) is 0 Å². The first-order valence-corrected chi connectivity index (χ1v) is 6.00. The molecule has 2 heterocycles. The topological polar surface area (TPSA) is 68.9 Å². The van der Waals surface area contributed by atoms with Gasteiger partial charge in [0.05, 0.1) is 11.1 Å². The van der Waals surface area contributed by atoms with Gasteiger partial charge in [0.25, 0.3) is 5.71 Å². The lowest BCUT2D eigenvalue weighted by Crippen LogP contribution is -2.05. The third-order valence-corrected chi connectivity index (χ3v) is 2.93. The van der Waals surface area contributed by atoms with Crippen LogP contribution in [0.15, 0.2) is 41.2 Å². The summed E-state index contributed by atoms with van der Waals surface area (Å²) in [6, 6.07) is 9.02. The molecule has 0 fully saturated rings. The number of rotatable bonds is 3. The molecule has 0 saturated heterocycles. The van der Waals surface area contributed by atoms with E-state index in [4.69, 9.17) is 4.52 Å². The Hall–Kier alpha value is -2.56. The van der Waals surface area contributed by atoms with Crippen LogP contribution >= 0.6 is 0 Å². The minimum atomic E-state index is -0.147. The zero-order chi connectivity index (χ0) is 13.2. The van der Waals surface area contributed by atoms with Gasteiger partial charge in [0, 0.05) is 5.56 Å². The summed E-state index contributed by atoms with van der Waals surface area (Å²) in [6.45, 7) is 1.95. The van der Waals surface area contributed by atoms with Crippen LogP contribution in [0, 0.1) is 0 Å². The van der Waals surface area contributed by atoms with Gasteiger partial charge in [0.2, 0.25) is 5.78 Å². The van der Waals surface area contributed by atoms with E-state index in [0.717, 1.165) is 0 Å². The molecule has 3 aromatic rings. The molecule has 1 aromatic carbocycles. The van der Waals surface area contributed by atoms with Gasteiger partial charge >= 0.3 is 0 Å². The SMILES string of the molecule is CCc1noc2ncnc(C(=O)c3ccccc3)c12. The van der Waals surface area contributed by atoms with E-state index in [2.05, 4.69) is 15.1 Å². The molecule has 5 nitrogen and oxygen atoms in total. The van der Waals surface area contributed by atoms with Crippen molar-refractivity contribution in [3.63, 3.8) is 0 Å². The predicted octanol–water partition coefficient (Wildman–Crippen LogP) is 2.41. The summed E-state index contributed by atoms with van der Waals surface area (Å²) < 4.78 is 5.11. The van der Waals surface area contributed by atoms with Gasteiger partial charge in [-0.05, 0) is 6.42 Å². The molecule has 0 spiro atoms. The molecule has 0 aliphatic carbocycles. The van der Waals surface area contributed by atoms with E-state index < -0.39 is 0 Å². The Bertz CT molecular complexity index is 735. The van der Waals surface area contributed by atoms with E-state index in [1.807, 2.05) is 25.1 Å². The van der Waals surface area contributed by atoms with Gasteiger partial charge in [-0.1, -0.05) is 42.4 Å². The fourth-order valence-corrected chi connectivity index (χ4v) is 1.98. The average molecular weight is 253 g/mol. The number of hydrogen-bond acceptors (Lipinski definition) is 5. The van der Waals surface area contributed by atoms with Gasteiger partial charge in [-0.2, -0.15) is 4.98 Å². The van der Waals surface area contributed by atoms with Crippen molar-refractivity contribution in [2.45, 2.75) is 13.3 Å². The maximum absolute atomic E-state index is 12.5. The molecule has 0 amide bonds.